The van der Waals surface area contributed by atoms with Crippen molar-refractivity contribution in [2.75, 3.05) is 12.4 Å². The minimum absolute atomic E-state index is 0.0195. The van der Waals surface area contributed by atoms with Gasteiger partial charge in [0.1, 0.15) is 0 Å². The molecule has 0 fully saturated rings. The van der Waals surface area contributed by atoms with Gasteiger partial charge >= 0.3 is 0 Å². The van der Waals surface area contributed by atoms with Crippen molar-refractivity contribution < 1.29 is 4.79 Å². The highest BCUT2D eigenvalue weighted by atomic mass is 16.1. The van der Waals surface area contributed by atoms with Crippen LogP contribution in [0.15, 0.2) is 18.2 Å². The summed E-state index contributed by atoms with van der Waals surface area (Å²) in [4.78, 5) is 12.0. The Morgan fingerprint density at radius 2 is 2.12 bits per heavy atom. The topological polar surface area (TPSA) is 41.1 Å². The second kappa shape index (κ2) is 6.28. The molecule has 1 aromatic carbocycles. The molecule has 0 saturated heterocycles. The number of amides is 1. The van der Waals surface area contributed by atoms with Crippen molar-refractivity contribution in [2.45, 2.75) is 39.7 Å². The zero-order chi connectivity index (χ0) is 12.8. The fraction of sp³-hybridized carbons (Fsp3) is 0.500. The predicted molar refractivity (Wildman–Crippen MR) is 72.6 cm³/mol. The van der Waals surface area contributed by atoms with Gasteiger partial charge in [-0.3, -0.25) is 4.79 Å². The zero-order valence-corrected chi connectivity index (χ0v) is 11.1. The van der Waals surface area contributed by atoms with Crippen LogP contribution in [0.4, 0.5) is 5.69 Å². The van der Waals surface area contributed by atoms with Crippen LogP contribution in [0, 0.1) is 6.92 Å². The Morgan fingerprint density at radius 1 is 1.41 bits per heavy atom. The van der Waals surface area contributed by atoms with Gasteiger partial charge in [0.25, 0.3) is 5.91 Å². The maximum Gasteiger partial charge on any atom is 0.251 e. The highest BCUT2D eigenvalue weighted by molar-refractivity contribution is 5.96. The van der Waals surface area contributed by atoms with Gasteiger partial charge in [-0.05, 0) is 44.0 Å². The minimum atomic E-state index is 0.0195. The number of nitrogens with one attached hydrogen (secondary N) is 2. The van der Waals surface area contributed by atoms with E-state index in [1.807, 2.05) is 39.1 Å². The van der Waals surface area contributed by atoms with Crippen molar-refractivity contribution in [3.8, 4) is 0 Å². The molecule has 0 bridgehead atoms. The van der Waals surface area contributed by atoms with Crippen molar-refractivity contribution in [3.05, 3.63) is 29.3 Å². The number of benzene rings is 1. The molecule has 1 unspecified atom stereocenters. The van der Waals surface area contributed by atoms with Crippen LogP contribution >= 0.6 is 0 Å². The Balaban J connectivity index is 2.75. The summed E-state index contributed by atoms with van der Waals surface area (Å²) in [6.45, 7) is 6.12. The predicted octanol–water partition coefficient (Wildman–Crippen LogP) is 2.96. The Morgan fingerprint density at radius 3 is 2.65 bits per heavy atom. The summed E-state index contributed by atoms with van der Waals surface area (Å²) in [5.41, 5.74) is 2.78. The molecule has 1 rings (SSSR count). The number of anilines is 1. The summed E-state index contributed by atoms with van der Waals surface area (Å²) < 4.78 is 0. The molecule has 0 radical (unpaired) electrons. The average Bonchev–Trinajstić information content (AvgIpc) is 2.28. The van der Waals surface area contributed by atoms with E-state index in [0.29, 0.717) is 0 Å². The molecule has 0 aliphatic heterocycles. The van der Waals surface area contributed by atoms with Crippen molar-refractivity contribution in [1.29, 1.82) is 0 Å². The normalized spacial score (nSPS) is 12.0. The van der Waals surface area contributed by atoms with E-state index in [0.717, 1.165) is 29.7 Å². The lowest BCUT2D eigenvalue weighted by Gasteiger charge is -2.14. The third-order valence-corrected chi connectivity index (χ3v) is 2.86. The maximum atomic E-state index is 12.0. The van der Waals surface area contributed by atoms with Crippen LogP contribution in [0.2, 0.25) is 0 Å². The summed E-state index contributed by atoms with van der Waals surface area (Å²) in [5.74, 6) is 0.0195. The molecule has 0 heterocycles. The molecule has 1 aromatic rings. The van der Waals surface area contributed by atoms with Gasteiger partial charge in [0, 0.05) is 24.3 Å². The van der Waals surface area contributed by atoms with Gasteiger partial charge in [-0.2, -0.15) is 0 Å². The molecule has 2 N–H and O–H groups in total. The maximum absolute atomic E-state index is 12.0. The molecular weight excluding hydrogens is 212 g/mol. The first-order valence-electron chi connectivity index (χ1n) is 6.17. The lowest BCUT2D eigenvalue weighted by molar-refractivity contribution is 0.0937. The quantitative estimate of drug-likeness (QED) is 0.822. The Hall–Kier alpha value is -1.51. The van der Waals surface area contributed by atoms with E-state index < -0.39 is 0 Å². The first-order valence-corrected chi connectivity index (χ1v) is 6.17. The summed E-state index contributed by atoms with van der Waals surface area (Å²) in [5, 5.41) is 6.08. The van der Waals surface area contributed by atoms with Crippen molar-refractivity contribution in [2.24, 2.45) is 0 Å². The second-order valence-electron chi connectivity index (χ2n) is 4.44. The lowest BCUT2D eigenvalue weighted by atomic mass is 10.1. The van der Waals surface area contributed by atoms with E-state index in [-0.39, 0.29) is 11.9 Å². The molecule has 0 spiro atoms. The monoisotopic (exact) mass is 234 g/mol. The fourth-order valence-electron chi connectivity index (χ4n) is 1.88. The minimum Gasteiger partial charge on any atom is -0.388 e. The Labute approximate surface area is 104 Å². The van der Waals surface area contributed by atoms with Crippen LogP contribution < -0.4 is 10.6 Å². The SMILES string of the molecule is CCCC(C)NC(=O)c1ccc(NC)cc1C. The van der Waals surface area contributed by atoms with Crippen molar-refractivity contribution >= 4 is 11.6 Å². The molecule has 1 atom stereocenters. The Bertz CT molecular complexity index is 388. The van der Waals surface area contributed by atoms with E-state index >= 15 is 0 Å². The first-order chi connectivity index (χ1) is 8.08. The Kier molecular flexibility index (Phi) is 5.01. The molecule has 0 saturated carbocycles. The van der Waals surface area contributed by atoms with E-state index in [9.17, 15) is 4.79 Å². The van der Waals surface area contributed by atoms with Crippen LogP contribution in [-0.4, -0.2) is 19.0 Å². The number of hydrogen-bond acceptors (Lipinski definition) is 2. The molecule has 3 nitrogen and oxygen atoms in total. The lowest BCUT2D eigenvalue weighted by Crippen LogP contribution is -2.32. The van der Waals surface area contributed by atoms with Crippen molar-refractivity contribution in [3.63, 3.8) is 0 Å². The van der Waals surface area contributed by atoms with E-state index in [1.165, 1.54) is 0 Å². The first kappa shape index (κ1) is 13.6. The molecule has 1 amide bonds. The largest absolute Gasteiger partial charge is 0.388 e. The molecule has 17 heavy (non-hydrogen) atoms. The van der Waals surface area contributed by atoms with E-state index in [4.69, 9.17) is 0 Å². The van der Waals surface area contributed by atoms with Crippen LogP contribution in [0.3, 0.4) is 0 Å². The number of hydrogen-bond donors (Lipinski definition) is 2. The highest BCUT2D eigenvalue weighted by Gasteiger charge is 2.11. The fourth-order valence-corrected chi connectivity index (χ4v) is 1.88. The number of carbonyl (C=O) groups is 1. The van der Waals surface area contributed by atoms with Gasteiger partial charge in [-0.1, -0.05) is 13.3 Å². The summed E-state index contributed by atoms with van der Waals surface area (Å²) in [6.07, 6.45) is 2.10. The van der Waals surface area contributed by atoms with Crippen molar-refractivity contribution in [1.82, 2.24) is 5.32 Å². The van der Waals surface area contributed by atoms with Crippen LogP contribution in [0.25, 0.3) is 0 Å². The van der Waals surface area contributed by atoms with Crippen LogP contribution in [0.5, 0.6) is 0 Å². The molecular formula is C14H22N2O. The average molecular weight is 234 g/mol. The number of rotatable bonds is 5. The van der Waals surface area contributed by atoms with E-state index in [1.54, 1.807) is 0 Å². The van der Waals surface area contributed by atoms with Gasteiger partial charge in [0.05, 0.1) is 0 Å². The summed E-state index contributed by atoms with van der Waals surface area (Å²) >= 11 is 0. The van der Waals surface area contributed by atoms with E-state index in [2.05, 4.69) is 17.6 Å². The summed E-state index contributed by atoms with van der Waals surface area (Å²) in [6, 6.07) is 6.01. The van der Waals surface area contributed by atoms with Gasteiger partial charge in [0.2, 0.25) is 0 Å². The smallest absolute Gasteiger partial charge is 0.251 e. The number of carbonyl (C=O) groups excluding carboxylic acids is 1. The van der Waals surface area contributed by atoms with Gasteiger partial charge in [0.15, 0.2) is 0 Å². The molecule has 3 heteroatoms. The molecule has 0 aliphatic carbocycles. The van der Waals surface area contributed by atoms with Crippen LogP contribution in [0.1, 0.15) is 42.6 Å². The standard InChI is InChI=1S/C14H22N2O/c1-5-6-11(3)16-14(17)13-8-7-12(15-4)9-10(13)2/h7-9,11,15H,5-6H2,1-4H3,(H,16,17). The third-order valence-electron chi connectivity index (χ3n) is 2.86. The van der Waals surface area contributed by atoms with Gasteiger partial charge < -0.3 is 10.6 Å². The van der Waals surface area contributed by atoms with Gasteiger partial charge in [-0.25, -0.2) is 0 Å². The molecule has 0 aliphatic rings. The third kappa shape index (κ3) is 3.77. The van der Waals surface area contributed by atoms with Gasteiger partial charge in [-0.15, -0.1) is 0 Å². The van der Waals surface area contributed by atoms with Crippen LogP contribution in [-0.2, 0) is 0 Å². The molecule has 0 aromatic heterocycles. The number of aryl methyl sites for hydroxylation is 1. The zero-order valence-electron chi connectivity index (χ0n) is 11.1. The second-order valence-corrected chi connectivity index (χ2v) is 4.44. The molecule has 94 valence electrons. The highest BCUT2D eigenvalue weighted by Crippen LogP contribution is 2.14. The summed E-state index contributed by atoms with van der Waals surface area (Å²) in [7, 11) is 1.87.